The van der Waals surface area contributed by atoms with Crippen LogP contribution in [0.25, 0.3) is 0 Å². The summed E-state index contributed by atoms with van der Waals surface area (Å²) < 4.78 is 5.51. The highest BCUT2D eigenvalue weighted by Crippen LogP contribution is 2.51. The lowest BCUT2D eigenvalue weighted by atomic mass is 9.97. The van der Waals surface area contributed by atoms with Crippen molar-refractivity contribution in [2.24, 2.45) is 5.41 Å². The summed E-state index contributed by atoms with van der Waals surface area (Å²) in [4.78, 5) is 12.1. The summed E-state index contributed by atoms with van der Waals surface area (Å²) in [6, 6.07) is 0. The zero-order valence-electron chi connectivity index (χ0n) is 13.7. The van der Waals surface area contributed by atoms with Gasteiger partial charge >= 0.3 is 5.97 Å². The monoisotopic (exact) mass is 284 g/mol. The molecule has 3 heteroatoms. The summed E-state index contributed by atoms with van der Waals surface area (Å²) in [6.07, 6.45) is 8.86. The highest BCUT2D eigenvalue weighted by molar-refractivity contribution is 5.80. The van der Waals surface area contributed by atoms with E-state index in [-0.39, 0.29) is 23.1 Å². The average Bonchev–Trinajstić information content (AvgIpc) is 3.08. The summed E-state index contributed by atoms with van der Waals surface area (Å²) >= 11 is 0. The number of esters is 1. The van der Waals surface area contributed by atoms with E-state index >= 15 is 0 Å². The van der Waals surface area contributed by atoms with E-state index in [1.54, 1.807) is 0 Å². The van der Waals surface area contributed by atoms with Crippen molar-refractivity contribution >= 4 is 5.97 Å². The molecule has 0 aromatic rings. The number of aliphatic hydroxyl groups is 1. The van der Waals surface area contributed by atoms with Crippen LogP contribution in [0, 0.1) is 5.41 Å². The second kappa shape index (κ2) is 7.44. The first-order valence-corrected chi connectivity index (χ1v) is 8.20. The molecule has 0 aromatic heterocycles. The van der Waals surface area contributed by atoms with Gasteiger partial charge in [0.15, 0.2) is 0 Å². The maximum absolute atomic E-state index is 12.1. The van der Waals surface area contributed by atoms with Gasteiger partial charge in [0.2, 0.25) is 0 Å². The Labute approximate surface area is 124 Å². The molecule has 0 heterocycles. The Bertz CT molecular complexity index is 300. The van der Waals surface area contributed by atoms with Gasteiger partial charge in [-0.2, -0.15) is 0 Å². The molecule has 1 atom stereocenters. The summed E-state index contributed by atoms with van der Waals surface area (Å²) in [5.74, 6) is -0.00369. The Morgan fingerprint density at radius 3 is 2.35 bits per heavy atom. The van der Waals surface area contributed by atoms with E-state index in [2.05, 4.69) is 6.92 Å². The molecule has 1 aliphatic rings. The van der Waals surface area contributed by atoms with Crippen LogP contribution in [0.4, 0.5) is 0 Å². The quantitative estimate of drug-likeness (QED) is 0.509. The molecule has 1 saturated carbocycles. The second-order valence-corrected chi connectivity index (χ2v) is 7.32. The minimum atomic E-state index is -0.378. The lowest BCUT2D eigenvalue weighted by Gasteiger charge is -2.23. The van der Waals surface area contributed by atoms with Gasteiger partial charge in [0, 0.05) is 0 Å². The number of hydrogen-bond donors (Lipinski definition) is 1. The molecule has 0 aromatic carbocycles. The van der Waals surface area contributed by atoms with Crippen LogP contribution in [-0.2, 0) is 9.53 Å². The van der Waals surface area contributed by atoms with Gasteiger partial charge in [-0.05, 0) is 52.9 Å². The molecule has 118 valence electrons. The number of rotatable bonds is 9. The number of unbranched alkanes of at least 4 members (excludes halogenated alkanes) is 2. The van der Waals surface area contributed by atoms with Crippen molar-refractivity contribution in [2.45, 2.75) is 97.2 Å². The third kappa shape index (κ3) is 6.25. The normalized spacial score (nSPS) is 18.6. The SMILES string of the molecule is CCCC(O)CCCCCC1(C(=O)OC(C)(C)C)CC1. The number of carbonyl (C=O) groups is 1. The maximum atomic E-state index is 12.1. The van der Waals surface area contributed by atoms with Gasteiger partial charge in [-0.3, -0.25) is 4.79 Å². The van der Waals surface area contributed by atoms with Crippen LogP contribution in [0.3, 0.4) is 0 Å². The Morgan fingerprint density at radius 1 is 1.20 bits per heavy atom. The Hall–Kier alpha value is -0.570. The maximum Gasteiger partial charge on any atom is 0.312 e. The van der Waals surface area contributed by atoms with Gasteiger partial charge < -0.3 is 9.84 Å². The van der Waals surface area contributed by atoms with Crippen LogP contribution in [0.15, 0.2) is 0 Å². The lowest BCUT2D eigenvalue weighted by Crippen LogP contribution is -2.29. The van der Waals surface area contributed by atoms with Gasteiger partial charge in [-0.1, -0.05) is 32.6 Å². The van der Waals surface area contributed by atoms with Gasteiger partial charge in [0.05, 0.1) is 11.5 Å². The molecule has 20 heavy (non-hydrogen) atoms. The lowest BCUT2D eigenvalue weighted by molar-refractivity contribution is -0.162. The molecule has 1 aliphatic carbocycles. The van der Waals surface area contributed by atoms with Crippen molar-refractivity contribution < 1.29 is 14.6 Å². The van der Waals surface area contributed by atoms with Gasteiger partial charge in [0.25, 0.3) is 0 Å². The molecule has 1 rings (SSSR count). The van der Waals surface area contributed by atoms with Crippen molar-refractivity contribution in [3.63, 3.8) is 0 Å². The minimum Gasteiger partial charge on any atom is -0.460 e. The molecule has 1 unspecified atom stereocenters. The number of hydrogen-bond acceptors (Lipinski definition) is 3. The van der Waals surface area contributed by atoms with E-state index in [4.69, 9.17) is 4.74 Å². The first kappa shape index (κ1) is 17.5. The predicted octanol–water partition coefficient (Wildman–Crippen LogP) is 4.22. The predicted molar refractivity (Wildman–Crippen MR) is 81.5 cm³/mol. The molecule has 0 amide bonds. The zero-order valence-corrected chi connectivity index (χ0v) is 13.7. The molecule has 0 radical (unpaired) electrons. The van der Waals surface area contributed by atoms with Crippen molar-refractivity contribution in [2.75, 3.05) is 0 Å². The molecule has 0 spiro atoms. The molecule has 1 N–H and O–H groups in total. The Morgan fingerprint density at radius 2 is 1.85 bits per heavy atom. The van der Waals surface area contributed by atoms with Gasteiger partial charge in [-0.15, -0.1) is 0 Å². The molecule has 1 fully saturated rings. The Balaban J connectivity index is 2.17. The van der Waals surface area contributed by atoms with Crippen LogP contribution in [0.5, 0.6) is 0 Å². The minimum absolute atomic E-state index is 0.00369. The van der Waals surface area contributed by atoms with Crippen LogP contribution < -0.4 is 0 Å². The molecular weight excluding hydrogens is 252 g/mol. The number of aliphatic hydroxyl groups excluding tert-OH is 1. The first-order valence-electron chi connectivity index (χ1n) is 8.20. The molecule has 0 bridgehead atoms. The second-order valence-electron chi connectivity index (χ2n) is 7.32. The summed E-state index contributed by atoms with van der Waals surface area (Å²) in [5.41, 5.74) is -0.549. The fourth-order valence-electron chi connectivity index (χ4n) is 2.59. The molecule has 0 saturated heterocycles. The fraction of sp³-hybridized carbons (Fsp3) is 0.941. The highest BCUT2D eigenvalue weighted by atomic mass is 16.6. The largest absolute Gasteiger partial charge is 0.460 e. The molecular formula is C17H32O3. The van der Waals surface area contributed by atoms with Crippen LogP contribution in [0.2, 0.25) is 0 Å². The van der Waals surface area contributed by atoms with Crippen LogP contribution in [-0.4, -0.2) is 22.8 Å². The smallest absolute Gasteiger partial charge is 0.312 e. The topological polar surface area (TPSA) is 46.5 Å². The van der Waals surface area contributed by atoms with E-state index in [1.807, 2.05) is 20.8 Å². The zero-order chi connectivity index (χ0) is 15.2. The van der Waals surface area contributed by atoms with E-state index in [1.165, 1.54) is 0 Å². The Kier molecular flexibility index (Phi) is 6.50. The summed E-state index contributed by atoms with van der Waals surface area (Å²) in [6.45, 7) is 7.88. The van der Waals surface area contributed by atoms with Crippen LogP contribution in [0.1, 0.15) is 85.5 Å². The average molecular weight is 284 g/mol. The van der Waals surface area contributed by atoms with Crippen LogP contribution >= 0.6 is 0 Å². The highest BCUT2D eigenvalue weighted by Gasteiger charge is 2.51. The van der Waals surface area contributed by atoms with Gasteiger partial charge in [-0.25, -0.2) is 0 Å². The number of ether oxygens (including phenoxy) is 1. The summed E-state index contributed by atoms with van der Waals surface area (Å²) in [7, 11) is 0. The van der Waals surface area contributed by atoms with E-state index in [9.17, 15) is 9.90 Å². The third-order valence-corrected chi connectivity index (χ3v) is 4.00. The van der Waals surface area contributed by atoms with Crippen molar-refractivity contribution in [3.8, 4) is 0 Å². The van der Waals surface area contributed by atoms with E-state index in [0.29, 0.717) is 0 Å². The van der Waals surface area contributed by atoms with E-state index in [0.717, 1.165) is 57.8 Å². The number of carbonyl (C=O) groups excluding carboxylic acids is 1. The fourth-order valence-corrected chi connectivity index (χ4v) is 2.59. The van der Waals surface area contributed by atoms with Crippen molar-refractivity contribution in [1.82, 2.24) is 0 Å². The first-order chi connectivity index (χ1) is 9.29. The van der Waals surface area contributed by atoms with Gasteiger partial charge in [0.1, 0.15) is 5.60 Å². The molecule has 0 aliphatic heterocycles. The van der Waals surface area contributed by atoms with Crippen molar-refractivity contribution in [1.29, 1.82) is 0 Å². The third-order valence-electron chi connectivity index (χ3n) is 4.00. The molecule has 3 nitrogen and oxygen atoms in total. The van der Waals surface area contributed by atoms with Crippen molar-refractivity contribution in [3.05, 3.63) is 0 Å². The summed E-state index contributed by atoms with van der Waals surface area (Å²) in [5, 5.41) is 9.66. The standard InChI is InChI=1S/C17H32O3/c1-5-9-14(18)10-7-6-8-11-17(12-13-17)15(19)20-16(2,3)4/h14,18H,5-13H2,1-4H3. The van der Waals surface area contributed by atoms with E-state index < -0.39 is 0 Å².